The van der Waals surface area contributed by atoms with Crippen molar-refractivity contribution in [3.63, 3.8) is 0 Å². The summed E-state index contributed by atoms with van der Waals surface area (Å²) in [6, 6.07) is 9.49. The minimum atomic E-state index is -0.655. The molecule has 0 spiro atoms. The Labute approximate surface area is 138 Å². The molecule has 0 aromatic heterocycles. The fraction of sp³-hybridized carbons (Fsp3) is 0.167. The van der Waals surface area contributed by atoms with Crippen LogP contribution in [0, 0.1) is 0 Å². The number of ether oxygens (including phenoxy) is 2. The second-order valence-electron chi connectivity index (χ2n) is 5.33. The van der Waals surface area contributed by atoms with E-state index >= 15 is 0 Å². The maximum Gasteiger partial charge on any atom is 0.163 e. The predicted octanol–water partition coefficient (Wildman–Crippen LogP) is 2.18. The van der Waals surface area contributed by atoms with Crippen molar-refractivity contribution in [1.82, 2.24) is 0 Å². The zero-order chi connectivity index (χ0) is 17.1. The van der Waals surface area contributed by atoms with Crippen molar-refractivity contribution >= 4 is 12.4 Å². The molecule has 2 atom stereocenters. The third-order valence-corrected chi connectivity index (χ3v) is 3.71. The van der Waals surface area contributed by atoms with Crippen LogP contribution < -0.4 is 9.47 Å². The number of carbonyl (C=O) groups excluding carboxylic acids is 1. The molecule has 2 aromatic rings. The highest BCUT2D eigenvalue weighted by Crippen LogP contribution is 2.41. The van der Waals surface area contributed by atoms with Gasteiger partial charge in [-0.3, -0.25) is 4.79 Å². The van der Waals surface area contributed by atoms with Crippen LogP contribution in [0.3, 0.4) is 0 Å². The fourth-order valence-electron chi connectivity index (χ4n) is 2.54. The van der Waals surface area contributed by atoms with E-state index in [0.717, 1.165) is 5.56 Å². The van der Waals surface area contributed by atoms with Gasteiger partial charge >= 0.3 is 0 Å². The minimum absolute atomic E-state index is 0.238. The zero-order valence-corrected chi connectivity index (χ0v) is 12.6. The Morgan fingerprint density at radius 1 is 1.00 bits per heavy atom. The predicted molar refractivity (Wildman–Crippen MR) is 86.2 cm³/mol. The Balaban J connectivity index is 1.95. The molecule has 124 valence electrons. The van der Waals surface area contributed by atoms with Crippen molar-refractivity contribution in [3.8, 4) is 23.0 Å². The van der Waals surface area contributed by atoms with Gasteiger partial charge in [0.05, 0.1) is 6.61 Å². The highest BCUT2D eigenvalue weighted by atomic mass is 16.6. The smallest absolute Gasteiger partial charge is 0.163 e. The van der Waals surface area contributed by atoms with E-state index in [4.69, 9.17) is 9.47 Å². The number of rotatable bonds is 4. The molecule has 24 heavy (non-hydrogen) atoms. The van der Waals surface area contributed by atoms with Crippen molar-refractivity contribution in [2.45, 2.75) is 12.2 Å². The molecule has 0 amide bonds. The van der Waals surface area contributed by atoms with Crippen LogP contribution in [0.25, 0.3) is 6.08 Å². The Hall–Kier alpha value is -2.99. The summed E-state index contributed by atoms with van der Waals surface area (Å²) in [5.74, 6) is 0.431. The monoisotopic (exact) mass is 328 g/mol. The average Bonchev–Trinajstić information content (AvgIpc) is 2.61. The number of aliphatic hydroxyl groups is 1. The summed E-state index contributed by atoms with van der Waals surface area (Å²) in [4.78, 5) is 10.4. The molecule has 1 heterocycles. The molecular formula is C18H16O6. The van der Waals surface area contributed by atoms with Gasteiger partial charge < -0.3 is 24.8 Å². The summed E-state index contributed by atoms with van der Waals surface area (Å²) in [6.45, 7) is -0.279. The topological polar surface area (TPSA) is 96.2 Å². The molecule has 3 N–H and O–H groups in total. The van der Waals surface area contributed by atoms with E-state index in [1.54, 1.807) is 30.3 Å². The van der Waals surface area contributed by atoms with E-state index < -0.39 is 12.2 Å². The van der Waals surface area contributed by atoms with Crippen LogP contribution in [-0.4, -0.2) is 34.3 Å². The number of aromatic hydroxyl groups is 2. The summed E-state index contributed by atoms with van der Waals surface area (Å²) in [5.41, 5.74) is 1.32. The molecule has 0 saturated carbocycles. The number of aldehydes is 1. The lowest BCUT2D eigenvalue weighted by atomic mass is 10.0. The lowest BCUT2D eigenvalue weighted by Gasteiger charge is -2.33. The first-order chi connectivity index (χ1) is 11.6. The van der Waals surface area contributed by atoms with Crippen LogP contribution in [0.4, 0.5) is 0 Å². The number of phenols is 2. The van der Waals surface area contributed by atoms with E-state index in [9.17, 15) is 20.1 Å². The fourth-order valence-corrected chi connectivity index (χ4v) is 2.54. The molecule has 0 fully saturated rings. The molecule has 3 rings (SSSR count). The summed E-state index contributed by atoms with van der Waals surface area (Å²) in [5, 5.41) is 28.7. The average molecular weight is 328 g/mol. The van der Waals surface area contributed by atoms with Gasteiger partial charge in [-0.2, -0.15) is 0 Å². The minimum Gasteiger partial charge on any atom is -0.504 e. The first-order valence-corrected chi connectivity index (χ1v) is 7.34. The molecular weight excluding hydrogens is 312 g/mol. The van der Waals surface area contributed by atoms with Crippen molar-refractivity contribution in [2.75, 3.05) is 6.61 Å². The molecule has 0 bridgehead atoms. The second kappa shape index (κ2) is 6.64. The number of benzene rings is 2. The molecule has 0 aliphatic carbocycles. The number of fused-ring (bicyclic) bond motifs is 1. The van der Waals surface area contributed by atoms with E-state index in [0.29, 0.717) is 23.3 Å². The number of hydrogen-bond acceptors (Lipinski definition) is 6. The van der Waals surface area contributed by atoms with E-state index in [-0.39, 0.29) is 18.1 Å². The Kier molecular flexibility index (Phi) is 4.39. The maximum atomic E-state index is 10.4. The quantitative estimate of drug-likeness (QED) is 0.452. The third-order valence-electron chi connectivity index (χ3n) is 3.71. The first kappa shape index (κ1) is 15.9. The van der Waals surface area contributed by atoms with Gasteiger partial charge in [0.25, 0.3) is 0 Å². The summed E-state index contributed by atoms with van der Waals surface area (Å²) >= 11 is 0. The van der Waals surface area contributed by atoms with Gasteiger partial charge in [0, 0.05) is 5.56 Å². The van der Waals surface area contributed by atoms with Crippen LogP contribution in [-0.2, 0) is 4.79 Å². The molecule has 1 aliphatic heterocycles. The highest BCUT2D eigenvalue weighted by molar-refractivity contribution is 5.74. The van der Waals surface area contributed by atoms with Gasteiger partial charge in [0.2, 0.25) is 0 Å². The van der Waals surface area contributed by atoms with E-state index in [1.807, 2.05) is 0 Å². The third kappa shape index (κ3) is 3.04. The Bertz CT molecular complexity index is 783. The summed E-state index contributed by atoms with van der Waals surface area (Å²) < 4.78 is 11.7. The molecule has 1 aliphatic rings. The maximum absolute atomic E-state index is 10.4. The van der Waals surface area contributed by atoms with E-state index in [1.165, 1.54) is 18.2 Å². The van der Waals surface area contributed by atoms with Gasteiger partial charge in [-0.25, -0.2) is 0 Å². The van der Waals surface area contributed by atoms with Gasteiger partial charge in [-0.15, -0.1) is 0 Å². The van der Waals surface area contributed by atoms with Gasteiger partial charge in [0.1, 0.15) is 6.29 Å². The standard InChI is InChI=1S/C18H16O6/c19-7-1-2-11-3-6-15-16(8-11)24-18(17(10-20)23-15)12-4-5-13(21)14(22)9-12/h1-9,17-18,20-22H,10H2/b2-1+. The van der Waals surface area contributed by atoms with Crippen LogP contribution in [0.1, 0.15) is 17.2 Å². The van der Waals surface area contributed by atoms with Gasteiger partial charge in [-0.1, -0.05) is 18.2 Å². The Morgan fingerprint density at radius 2 is 1.83 bits per heavy atom. The van der Waals surface area contributed by atoms with Gasteiger partial charge in [-0.05, 0) is 35.9 Å². The van der Waals surface area contributed by atoms with Crippen LogP contribution in [0.15, 0.2) is 42.5 Å². The second-order valence-corrected chi connectivity index (χ2v) is 5.33. The van der Waals surface area contributed by atoms with Crippen molar-refractivity contribution in [2.24, 2.45) is 0 Å². The summed E-state index contributed by atoms with van der Waals surface area (Å²) in [7, 11) is 0. The van der Waals surface area contributed by atoms with Crippen molar-refractivity contribution < 1.29 is 29.6 Å². The highest BCUT2D eigenvalue weighted by Gasteiger charge is 2.33. The lowest BCUT2D eigenvalue weighted by Crippen LogP contribution is -2.36. The largest absolute Gasteiger partial charge is 0.504 e. The number of phenolic OH excluding ortho intramolecular Hbond substituents is 2. The molecule has 2 aromatic carbocycles. The molecule has 6 heteroatoms. The summed E-state index contributed by atoms with van der Waals surface area (Å²) in [6.07, 6.45) is 2.38. The van der Waals surface area contributed by atoms with Crippen LogP contribution in [0.2, 0.25) is 0 Å². The lowest BCUT2D eigenvalue weighted by molar-refractivity contribution is -0.104. The number of carbonyl (C=O) groups is 1. The SMILES string of the molecule is O=C/C=C/c1ccc2c(c1)OC(c1ccc(O)c(O)c1)C(CO)O2. The normalized spacial score (nSPS) is 19.4. The molecule has 2 unspecified atom stereocenters. The molecule has 6 nitrogen and oxygen atoms in total. The molecule has 0 saturated heterocycles. The number of allylic oxidation sites excluding steroid dienone is 1. The van der Waals surface area contributed by atoms with Crippen molar-refractivity contribution in [3.05, 3.63) is 53.6 Å². The first-order valence-electron chi connectivity index (χ1n) is 7.34. The van der Waals surface area contributed by atoms with Gasteiger partial charge in [0.15, 0.2) is 35.2 Å². The zero-order valence-electron chi connectivity index (χ0n) is 12.6. The van der Waals surface area contributed by atoms with Crippen LogP contribution >= 0.6 is 0 Å². The van der Waals surface area contributed by atoms with E-state index in [2.05, 4.69) is 0 Å². The Morgan fingerprint density at radius 3 is 2.54 bits per heavy atom. The number of hydrogen-bond donors (Lipinski definition) is 3. The molecule has 0 radical (unpaired) electrons. The van der Waals surface area contributed by atoms with Crippen LogP contribution in [0.5, 0.6) is 23.0 Å². The number of aliphatic hydroxyl groups excluding tert-OH is 1. The van der Waals surface area contributed by atoms with Crippen molar-refractivity contribution in [1.29, 1.82) is 0 Å².